The topological polar surface area (TPSA) is 67.6 Å². The molecule has 2 aromatic heterocycles. The summed E-state index contributed by atoms with van der Waals surface area (Å²) in [5, 5.41) is 0.630. The Labute approximate surface area is 116 Å². The van der Waals surface area contributed by atoms with Gasteiger partial charge in [-0.3, -0.25) is 0 Å². The highest BCUT2D eigenvalue weighted by Crippen LogP contribution is 2.29. The van der Waals surface area contributed by atoms with Gasteiger partial charge in [-0.25, -0.2) is 9.97 Å². The number of aromatic amines is 1. The molecule has 1 aromatic carbocycles. The standard InChI is InChI=1S/C12H8BrClN4/c13-6-1-2-8(14)7(5-6)11-16-9-3-4-10(15)17-12(9)18-11/h1-5H,(H3,15,16,17,18). The van der Waals surface area contributed by atoms with Gasteiger partial charge >= 0.3 is 0 Å². The van der Waals surface area contributed by atoms with Crippen LogP contribution in [0.5, 0.6) is 0 Å². The number of nitrogens with zero attached hydrogens (tertiary/aromatic N) is 2. The van der Waals surface area contributed by atoms with E-state index in [0.29, 0.717) is 22.3 Å². The highest BCUT2D eigenvalue weighted by Gasteiger charge is 2.10. The second-order valence-electron chi connectivity index (χ2n) is 3.82. The van der Waals surface area contributed by atoms with Gasteiger partial charge in [-0.2, -0.15) is 0 Å². The fourth-order valence-electron chi connectivity index (χ4n) is 1.71. The minimum atomic E-state index is 0.445. The zero-order valence-corrected chi connectivity index (χ0v) is 11.5. The number of halogens is 2. The number of pyridine rings is 1. The monoisotopic (exact) mass is 322 g/mol. The van der Waals surface area contributed by atoms with Crippen LogP contribution in [0.25, 0.3) is 22.6 Å². The summed E-state index contributed by atoms with van der Waals surface area (Å²) in [4.78, 5) is 11.7. The van der Waals surface area contributed by atoms with Gasteiger partial charge in [-0.1, -0.05) is 27.5 Å². The number of H-pyrrole nitrogens is 1. The summed E-state index contributed by atoms with van der Waals surface area (Å²) >= 11 is 9.58. The zero-order valence-electron chi connectivity index (χ0n) is 9.11. The van der Waals surface area contributed by atoms with E-state index in [2.05, 4.69) is 30.9 Å². The van der Waals surface area contributed by atoms with E-state index in [0.717, 1.165) is 15.6 Å². The van der Waals surface area contributed by atoms with E-state index >= 15 is 0 Å². The molecule has 2 heterocycles. The first-order valence-corrected chi connectivity index (χ1v) is 6.38. The summed E-state index contributed by atoms with van der Waals surface area (Å²) in [6.07, 6.45) is 0. The molecule has 0 aliphatic rings. The molecule has 0 atom stereocenters. The van der Waals surface area contributed by atoms with Gasteiger partial charge < -0.3 is 10.7 Å². The van der Waals surface area contributed by atoms with Crippen LogP contribution in [0.4, 0.5) is 5.82 Å². The fraction of sp³-hybridized carbons (Fsp3) is 0. The Kier molecular flexibility index (Phi) is 2.72. The highest BCUT2D eigenvalue weighted by molar-refractivity contribution is 9.10. The van der Waals surface area contributed by atoms with E-state index in [4.69, 9.17) is 17.3 Å². The van der Waals surface area contributed by atoms with Crippen molar-refractivity contribution in [1.29, 1.82) is 0 Å². The predicted octanol–water partition coefficient (Wildman–Crippen LogP) is 3.62. The maximum atomic E-state index is 6.16. The smallest absolute Gasteiger partial charge is 0.180 e. The molecule has 0 fully saturated rings. The summed E-state index contributed by atoms with van der Waals surface area (Å²) in [7, 11) is 0. The van der Waals surface area contributed by atoms with E-state index in [1.165, 1.54) is 0 Å². The van der Waals surface area contributed by atoms with Crippen molar-refractivity contribution in [1.82, 2.24) is 15.0 Å². The van der Waals surface area contributed by atoms with Gasteiger partial charge in [0.05, 0.1) is 10.5 Å². The van der Waals surface area contributed by atoms with Crippen LogP contribution < -0.4 is 5.73 Å². The first-order chi connectivity index (χ1) is 8.63. The van der Waals surface area contributed by atoms with E-state index in [1.54, 1.807) is 6.07 Å². The molecule has 0 aliphatic carbocycles. The van der Waals surface area contributed by atoms with Crippen LogP contribution in [0.2, 0.25) is 5.02 Å². The van der Waals surface area contributed by atoms with Crippen molar-refractivity contribution in [3.63, 3.8) is 0 Å². The molecule has 18 heavy (non-hydrogen) atoms. The number of hydrogen-bond acceptors (Lipinski definition) is 3. The number of aromatic nitrogens is 3. The number of nitrogen functional groups attached to an aromatic ring is 1. The van der Waals surface area contributed by atoms with Crippen LogP contribution in [-0.4, -0.2) is 15.0 Å². The molecule has 3 N–H and O–H groups in total. The third-order valence-electron chi connectivity index (χ3n) is 2.55. The van der Waals surface area contributed by atoms with Crippen molar-refractivity contribution in [2.75, 3.05) is 5.73 Å². The first kappa shape index (κ1) is 11.5. The molecule has 90 valence electrons. The van der Waals surface area contributed by atoms with Gasteiger partial charge in [0.15, 0.2) is 5.65 Å². The Bertz CT molecular complexity index is 738. The molecule has 0 bridgehead atoms. The molecule has 0 spiro atoms. The quantitative estimate of drug-likeness (QED) is 0.718. The van der Waals surface area contributed by atoms with Crippen molar-refractivity contribution < 1.29 is 0 Å². The van der Waals surface area contributed by atoms with Crippen LogP contribution in [0, 0.1) is 0 Å². The van der Waals surface area contributed by atoms with E-state index in [1.807, 2.05) is 24.3 Å². The third-order valence-corrected chi connectivity index (χ3v) is 3.37. The van der Waals surface area contributed by atoms with Gasteiger partial charge in [0.1, 0.15) is 11.6 Å². The lowest BCUT2D eigenvalue weighted by molar-refractivity contribution is 1.30. The second kappa shape index (κ2) is 4.26. The highest BCUT2D eigenvalue weighted by atomic mass is 79.9. The van der Waals surface area contributed by atoms with Crippen molar-refractivity contribution in [3.8, 4) is 11.4 Å². The van der Waals surface area contributed by atoms with Crippen LogP contribution in [-0.2, 0) is 0 Å². The summed E-state index contributed by atoms with van der Waals surface area (Å²) < 4.78 is 0.940. The lowest BCUT2D eigenvalue weighted by atomic mass is 10.2. The lowest BCUT2D eigenvalue weighted by Gasteiger charge is -2.00. The van der Waals surface area contributed by atoms with Gasteiger partial charge in [-0.05, 0) is 30.3 Å². The number of hydrogen-bond donors (Lipinski definition) is 2. The van der Waals surface area contributed by atoms with Crippen LogP contribution in [0.1, 0.15) is 0 Å². The number of fused-ring (bicyclic) bond motifs is 1. The molecule has 0 amide bonds. The molecule has 6 heteroatoms. The zero-order chi connectivity index (χ0) is 12.7. The molecule has 0 unspecified atom stereocenters. The van der Waals surface area contributed by atoms with Crippen LogP contribution in [0.15, 0.2) is 34.8 Å². The van der Waals surface area contributed by atoms with E-state index in [9.17, 15) is 0 Å². The minimum Gasteiger partial charge on any atom is -0.384 e. The molecule has 0 radical (unpaired) electrons. The van der Waals surface area contributed by atoms with Crippen molar-refractivity contribution in [2.24, 2.45) is 0 Å². The summed E-state index contributed by atoms with van der Waals surface area (Å²) in [5.41, 5.74) is 7.86. The predicted molar refractivity (Wildman–Crippen MR) is 76.4 cm³/mol. The average Bonchev–Trinajstić information content (AvgIpc) is 2.74. The van der Waals surface area contributed by atoms with Crippen molar-refractivity contribution in [2.45, 2.75) is 0 Å². The number of anilines is 1. The van der Waals surface area contributed by atoms with Crippen LogP contribution >= 0.6 is 27.5 Å². The Morgan fingerprint density at radius 3 is 2.83 bits per heavy atom. The number of imidazole rings is 1. The van der Waals surface area contributed by atoms with Gasteiger partial charge in [0, 0.05) is 10.0 Å². The summed E-state index contributed by atoms with van der Waals surface area (Å²) in [6, 6.07) is 9.18. The van der Waals surface area contributed by atoms with E-state index in [-0.39, 0.29) is 0 Å². The maximum absolute atomic E-state index is 6.16. The molecule has 0 aliphatic heterocycles. The molecule has 3 aromatic rings. The minimum absolute atomic E-state index is 0.445. The Morgan fingerprint density at radius 2 is 2.00 bits per heavy atom. The first-order valence-electron chi connectivity index (χ1n) is 5.21. The number of nitrogens with two attached hydrogens (primary N) is 1. The maximum Gasteiger partial charge on any atom is 0.180 e. The van der Waals surface area contributed by atoms with Gasteiger partial charge in [0.25, 0.3) is 0 Å². The molecule has 3 rings (SSSR count). The van der Waals surface area contributed by atoms with Crippen molar-refractivity contribution in [3.05, 3.63) is 39.8 Å². The van der Waals surface area contributed by atoms with E-state index < -0.39 is 0 Å². The summed E-state index contributed by atoms with van der Waals surface area (Å²) in [5.74, 6) is 1.12. The summed E-state index contributed by atoms with van der Waals surface area (Å²) in [6.45, 7) is 0. The number of benzene rings is 1. The third kappa shape index (κ3) is 1.95. The SMILES string of the molecule is Nc1ccc2[nH]c(-c3cc(Br)ccc3Cl)nc2n1. The molecular formula is C12H8BrClN4. The largest absolute Gasteiger partial charge is 0.384 e. The average molecular weight is 324 g/mol. The number of nitrogens with one attached hydrogen (secondary N) is 1. The van der Waals surface area contributed by atoms with Crippen LogP contribution in [0.3, 0.4) is 0 Å². The molecule has 4 nitrogen and oxygen atoms in total. The molecule has 0 saturated carbocycles. The Hall–Kier alpha value is -1.59. The Morgan fingerprint density at radius 1 is 1.17 bits per heavy atom. The van der Waals surface area contributed by atoms with Gasteiger partial charge in [-0.15, -0.1) is 0 Å². The fourth-order valence-corrected chi connectivity index (χ4v) is 2.28. The van der Waals surface area contributed by atoms with Crippen molar-refractivity contribution >= 4 is 44.5 Å². The molecule has 0 saturated heterocycles. The normalized spacial score (nSPS) is 11.0. The Balaban J connectivity index is 2.22. The lowest BCUT2D eigenvalue weighted by Crippen LogP contribution is -1.88. The number of rotatable bonds is 1. The molecular weight excluding hydrogens is 316 g/mol. The van der Waals surface area contributed by atoms with Gasteiger partial charge in [0.2, 0.25) is 0 Å². The second-order valence-corrected chi connectivity index (χ2v) is 5.14.